The normalized spacial score (nSPS) is 14.8. The molecule has 0 aliphatic carbocycles. The van der Waals surface area contributed by atoms with E-state index in [4.69, 9.17) is 37.0 Å². The lowest BCUT2D eigenvalue weighted by atomic mass is 10.1. The number of allylic oxidation sites excluding steroid dienone is 28. The van der Waals surface area contributed by atoms with Gasteiger partial charge in [-0.15, -0.1) is 0 Å². The highest BCUT2D eigenvalue weighted by Gasteiger charge is 2.30. The summed E-state index contributed by atoms with van der Waals surface area (Å²) in [6, 6.07) is 0. The number of hydrogen-bond acceptors (Lipinski definition) is 15. The summed E-state index contributed by atoms with van der Waals surface area (Å²) in [5.74, 6) is -2.33. The summed E-state index contributed by atoms with van der Waals surface area (Å²) in [6.45, 7) is 4.34. The molecule has 0 rings (SSSR count). The lowest BCUT2D eigenvalue weighted by molar-refractivity contribution is -0.161. The first-order valence-corrected chi connectivity index (χ1v) is 42.4. The second-order valence-electron chi connectivity index (χ2n) is 25.5. The smallest absolute Gasteiger partial charge is 0.462 e. The molecule has 5 unspecified atom stereocenters. The number of carbonyl (C=O) groups excluding carboxylic acids is 4. The van der Waals surface area contributed by atoms with Gasteiger partial charge in [0.25, 0.3) is 0 Å². The fourth-order valence-electron chi connectivity index (χ4n) is 9.76. The van der Waals surface area contributed by atoms with Gasteiger partial charge in [0, 0.05) is 25.7 Å². The number of phosphoric ester groups is 2. The predicted octanol–water partition coefficient (Wildman–Crippen LogP) is 23.0. The van der Waals surface area contributed by atoms with Crippen molar-refractivity contribution < 1.29 is 80.2 Å². The molecule has 19 heteroatoms. The van der Waals surface area contributed by atoms with Gasteiger partial charge in [0.15, 0.2) is 12.2 Å². The van der Waals surface area contributed by atoms with Crippen LogP contribution in [0.2, 0.25) is 0 Å². The van der Waals surface area contributed by atoms with Crippen LogP contribution in [0.3, 0.4) is 0 Å². The summed E-state index contributed by atoms with van der Waals surface area (Å²) in [6.07, 6.45) is 89.3. The van der Waals surface area contributed by atoms with Crippen molar-refractivity contribution in [3.8, 4) is 0 Å². The van der Waals surface area contributed by atoms with Crippen molar-refractivity contribution >= 4 is 39.5 Å². The molecular formula is C85H138O17P2. The molecule has 17 nitrogen and oxygen atoms in total. The summed E-state index contributed by atoms with van der Waals surface area (Å²) < 4.78 is 68.4. The molecule has 0 aromatic carbocycles. The molecule has 0 radical (unpaired) electrons. The summed E-state index contributed by atoms with van der Waals surface area (Å²) in [5, 5.41) is 10.6. The molecule has 0 fully saturated rings. The Morgan fingerprint density at radius 1 is 0.279 bits per heavy atom. The van der Waals surface area contributed by atoms with Crippen molar-refractivity contribution in [3.05, 3.63) is 170 Å². The van der Waals surface area contributed by atoms with Gasteiger partial charge in [0.05, 0.1) is 26.4 Å². The average Bonchev–Trinajstić information content (AvgIpc) is 0.931. The third-order valence-electron chi connectivity index (χ3n) is 15.7. The fourth-order valence-corrected chi connectivity index (χ4v) is 11.3. The van der Waals surface area contributed by atoms with Crippen molar-refractivity contribution in [2.24, 2.45) is 0 Å². The van der Waals surface area contributed by atoms with Gasteiger partial charge in [-0.2, -0.15) is 0 Å². The number of hydrogen-bond donors (Lipinski definition) is 3. The molecule has 0 amide bonds. The van der Waals surface area contributed by atoms with Crippen molar-refractivity contribution in [2.45, 2.75) is 303 Å². The minimum absolute atomic E-state index is 0.0292. The van der Waals surface area contributed by atoms with Crippen LogP contribution in [0.4, 0.5) is 0 Å². The van der Waals surface area contributed by atoms with E-state index >= 15 is 0 Å². The summed E-state index contributed by atoms with van der Waals surface area (Å²) >= 11 is 0. The molecule has 5 atom stereocenters. The lowest BCUT2D eigenvalue weighted by Crippen LogP contribution is -2.30. The zero-order valence-corrected chi connectivity index (χ0v) is 66.2. The largest absolute Gasteiger partial charge is 0.472 e. The Morgan fingerprint density at radius 2 is 0.519 bits per heavy atom. The molecule has 0 aromatic rings. The van der Waals surface area contributed by atoms with Crippen LogP contribution in [0, 0.1) is 0 Å². The maximum Gasteiger partial charge on any atom is 0.472 e. The van der Waals surface area contributed by atoms with Crippen molar-refractivity contribution in [1.29, 1.82) is 0 Å². The Labute approximate surface area is 629 Å². The monoisotopic (exact) mass is 1490 g/mol. The van der Waals surface area contributed by atoms with E-state index in [-0.39, 0.29) is 25.7 Å². The molecule has 3 N–H and O–H groups in total. The predicted molar refractivity (Wildman–Crippen MR) is 426 cm³/mol. The zero-order chi connectivity index (χ0) is 76.0. The van der Waals surface area contributed by atoms with Crippen molar-refractivity contribution in [1.82, 2.24) is 0 Å². The number of phosphoric acid groups is 2. The van der Waals surface area contributed by atoms with Gasteiger partial charge >= 0.3 is 39.5 Å². The second-order valence-corrected chi connectivity index (χ2v) is 28.4. The summed E-state index contributed by atoms with van der Waals surface area (Å²) in [4.78, 5) is 72.9. The minimum atomic E-state index is -5.00. The third-order valence-corrected chi connectivity index (χ3v) is 17.6. The van der Waals surface area contributed by atoms with Crippen LogP contribution in [0.15, 0.2) is 170 Å². The van der Waals surface area contributed by atoms with E-state index in [1.165, 1.54) is 6.42 Å². The van der Waals surface area contributed by atoms with E-state index in [0.29, 0.717) is 32.1 Å². The van der Waals surface area contributed by atoms with E-state index in [9.17, 15) is 43.2 Å². The first-order chi connectivity index (χ1) is 50.7. The quantitative estimate of drug-likeness (QED) is 0.0169. The van der Waals surface area contributed by atoms with E-state index in [1.807, 2.05) is 18.2 Å². The maximum absolute atomic E-state index is 13.1. The van der Waals surface area contributed by atoms with E-state index in [1.54, 1.807) is 0 Å². The van der Waals surface area contributed by atoms with Crippen LogP contribution in [-0.4, -0.2) is 96.7 Å². The number of rotatable bonds is 72. The molecular weight excluding hydrogens is 1350 g/mol. The van der Waals surface area contributed by atoms with Gasteiger partial charge in [-0.25, -0.2) is 9.13 Å². The molecule has 0 saturated heterocycles. The fraction of sp³-hybridized carbons (Fsp3) is 0.624. The highest BCUT2D eigenvalue weighted by atomic mass is 31.2. The summed E-state index contributed by atoms with van der Waals surface area (Å²) in [7, 11) is -10.00. The van der Waals surface area contributed by atoms with E-state index in [0.717, 1.165) is 193 Å². The topological polar surface area (TPSA) is 237 Å². The van der Waals surface area contributed by atoms with Crippen LogP contribution in [0.1, 0.15) is 285 Å². The molecule has 0 bridgehead atoms. The van der Waals surface area contributed by atoms with Gasteiger partial charge in [-0.3, -0.25) is 37.3 Å². The van der Waals surface area contributed by atoms with Crippen LogP contribution < -0.4 is 0 Å². The molecule has 590 valence electrons. The Morgan fingerprint density at radius 3 is 0.837 bits per heavy atom. The number of carbonyl (C=O) groups is 4. The number of unbranched alkanes of at least 4 members (excludes halogenated alkanes) is 18. The number of esters is 4. The van der Waals surface area contributed by atoms with Crippen molar-refractivity contribution in [2.75, 3.05) is 39.6 Å². The Kier molecular flexibility index (Phi) is 71.6. The average molecular weight is 1490 g/mol. The van der Waals surface area contributed by atoms with Crippen molar-refractivity contribution in [3.63, 3.8) is 0 Å². The molecule has 0 aliphatic rings. The van der Waals surface area contributed by atoms with Gasteiger partial charge < -0.3 is 33.8 Å². The number of aliphatic hydroxyl groups excluding tert-OH is 1. The SMILES string of the molecule is CC/C=C\C/C=C\C/C=C\C/C=C\C/C=C\C/C=C\CCC(=O)OCC(COP(=O)(O)OCC(O)COP(=O)(O)OCC(COC(=O)CCCCCC/C=C\C/C=C\C/C=C\C/C=C\CC)OC(=O)CCCCCCCCC/C=C\C/C=C\C/C=C\CC)OC(=O)CCCCCCC/C=C\CCCC. The highest BCUT2D eigenvalue weighted by molar-refractivity contribution is 7.47. The Bertz CT molecular complexity index is 2640. The molecule has 0 saturated carbocycles. The van der Waals surface area contributed by atoms with Gasteiger partial charge in [-0.1, -0.05) is 275 Å². The first-order valence-electron chi connectivity index (χ1n) is 39.4. The lowest BCUT2D eigenvalue weighted by Gasteiger charge is -2.21. The van der Waals surface area contributed by atoms with E-state index in [2.05, 4.69) is 180 Å². The number of aliphatic hydroxyl groups is 1. The minimum Gasteiger partial charge on any atom is -0.462 e. The van der Waals surface area contributed by atoms with E-state index < -0.39 is 97.5 Å². The molecule has 104 heavy (non-hydrogen) atoms. The van der Waals surface area contributed by atoms with Gasteiger partial charge in [-0.05, 0) is 154 Å². The zero-order valence-electron chi connectivity index (χ0n) is 64.4. The highest BCUT2D eigenvalue weighted by Crippen LogP contribution is 2.45. The Balaban J connectivity index is 5.44. The van der Waals surface area contributed by atoms with Crippen LogP contribution >= 0.6 is 15.6 Å². The molecule has 0 aromatic heterocycles. The second kappa shape index (κ2) is 75.6. The Hall–Kier alpha value is -5.58. The van der Waals surface area contributed by atoms with Crippen LogP contribution in [0.5, 0.6) is 0 Å². The molecule has 0 aliphatic heterocycles. The van der Waals surface area contributed by atoms with Crippen LogP contribution in [-0.2, 0) is 65.4 Å². The standard InChI is InChI=1S/C85H138O17P2/c1-5-9-13-17-21-25-29-32-35-38-39-42-44-47-51-54-58-62-66-70-82(87)95-75-80(101-84(89)71-67-63-59-55-49-28-24-20-16-12-8-4)77-99-103(91,92)97-73-79(86)74-98-104(93,94)100-78-81(102-85(90)72-68-64-60-56-52-48-45-41-37-34-31-27-23-19-15-11-7-3)76-96-83(88)69-65-61-57-53-50-46-43-40-36-33-30-26-22-18-14-10-6-2/h9-11,13-15,20-27,32-37,39,42-43,46-47,51,58,62,79-81,86H,5-8,12,16-19,28-31,38,40-41,44-45,48-50,52-57,59-61,63-78H2,1-4H3,(H,91,92)(H,93,94)/b13-9-,14-10-,15-11-,24-20-,25-21-,26-22-,27-23-,35-32-,36-33-,37-34-,42-39-,46-43-,51-47-,62-58-. The molecule has 0 heterocycles. The summed E-state index contributed by atoms with van der Waals surface area (Å²) in [5.41, 5.74) is 0. The first kappa shape index (κ1) is 98.4. The van der Waals surface area contributed by atoms with Gasteiger partial charge in [0.2, 0.25) is 0 Å². The van der Waals surface area contributed by atoms with Crippen LogP contribution in [0.25, 0.3) is 0 Å². The van der Waals surface area contributed by atoms with Gasteiger partial charge in [0.1, 0.15) is 19.3 Å². The molecule has 0 spiro atoms. The third kappa shape index (κ3) is 74.7. The maximum atomic E-state index is 13.1. The number of ether oxygens (including phenoxy) is 4.